The smallest absolute Gasteiger partial charge is 0.365 e. The van der Waals surface area contributed by atoms with E-state index in [-0.39, 0.29) is 18.4 Å². The average molecular weight is 385 g/mol. The van der Waals surface area contributed by atoms with E-state index in [4.69, 9.17) is 4.74 Å². The molecule has 1 aromatic carbocycles. The molecule has 0 saturated carbocycles. The van der Waals surface area contributed by atoms with Crippen molar-refractivity contribution in [3.05, 3.63) is 35.4 Å². The van der Waals surface area contributed by atoms with Gasteiger partial charge in [-0.25, -0.2) is 0 Å². The lowest BCUT2D eigenvalue weighted by molar-refractivity contribution is -0.170. The second-order valence-corrected chi connectivity index (χ2v) is 7.92. The van der Waals surface area contributed by atoms with Crippen molar-refractivity contribution in [1.29, 1.82) is 0 Å². The largest absolute Gasteiger partial charge is 0.416 e. The second kappa shape index (κ2) is 8.63. The number of amides is 1. The van der Waals surface area contributed by atoms with E-state index >= 15 is 0 Å². The molecule has 1 aromatic rings. The zero-order chi connectivity index (χ0) is 20.2. The van der Waals surface area contributed by atoms with E-state index < -0.39 is 17.3 Å². The highest BCUT2D eigenvalue weighted by Gasteiger charge is 2.46. The van der Waals surface area contributed by atoms with E-state index in [1.807, 2.05) is 13.8 Å². The normalized spacial score (nSPS) is 24.7. The van der Waals surface area contributed by atoms with Gasteiger partial charge in [0.2, 0.25) is 0 Å². The fraction of sp³-hybridized carbons (Fsp3) is 0.667. The molecule has 1 aliphatic rings. The third kappa shape index (κ3) is 5.03. The molecular weight excluding hydrogens is 355 g/mol. The van der Waals surface area contributed by atoms with Gasteiger partial charge in [-0.2, -0.15) is 13.2 Å². The van der Waals surface area contributed by atoms with Gasteiger partial charge in [0.1, 0.15) is 5.60 Å². The van der Waals surface area contributed by atoms with Crippen molar-refractivity contribution in [3.63, 3.8) is 0 Å². The summed E-state index contributed by atoms with van der Waals surface area (Å²) in [6, 6.07) is 5.04. The maximum atomic E-state index is 12.9. The summed E-state index contributed by atoms with van der Waals surface area (Å²) in [7, 11) is 0. The van der Waals surface area contributed by atoms with Crippen molar-refractivity contribution in [2.45, 2.75) is 65.3 Å². The van der Waals surface area contributed by atoms with E-state index in [1.54, 1.807) is 6.07 Å². The molecule has 3 nitrogen and oxygen atoms in total. The first-order valence-electron chi connectivity index (χ1n) is 9.68. The monoisotopic (exact) mass is 385 g/mol. The number of hydrogen-bond donors (Lipinski definition) is 1. The molecule has 0 aromatic heterocycles. The number of carbonyl (C=O) groups excluding carboxylic acids is 1. The first-order chi connectivity index (χ1) is 12.6. The second-order valence-electron chi connectivity index (χ2n) is 7.92. The minimum atomic E-state index is -4.39. The van der Waals surface area contributed by atoms with Crippen LogP contribution in [0, 0.1) is 17.8 Å². The number of benzene rings is 1. The predicted octanol–water partition coefficient (Wildman–Crippen LogP) is 5.19. The van der Waals surface area contributed by atoms with Crippen LogP contribution in [0.25, 0.3) is 0 Å². The van der Waals surface area contributed by atoms with Crippen molar-refractivity contribution in [1.82, 2.24) is 5.32 Å². The Morgan fingerprint density at radius 2 is 2.04 bits per heavy atom. The lowest BCUT2D eigenvalue weighted by Crippen LogP contribution is -2.55. The van der Waals surface area contributed by atoms with Crippen molar-refractivity contribution in [3.8, 4) is 0 Å². The lowest BCUT2D eigenvalue weighted by Gasteiger charge is -2.43. The SMILES string of the molecule is CCC(C)C1CCC(C(=O)NCc2cccc(C(F)(F)F)c2)(C(C)C)OC1. The Labute approximate surface area is 159 Å². The Hall–Kier alpha value is -1.56. The number of alkyl halides is 3. The minimum Gasteiger partial charge on any atom is -0.365 e. The van der Waals surface area contributed by atoms with Gasteiger partial charge in [0.25, 0.3) is 5.91 Å². The summed E-state index contributed by atoms with van der Waals surface area (Å²) in [6.45, 7) is 8.85. The highest BCUT2D eigenvalue weighted by atomic mass is 19.4. The number of halogens is 3. The Bertz CT molecular complexity index is 635. The van der Waals surface area contributed by atoms with Gasteiger partial charge < -0.3 is 10.1 Å². The fourth-order valence-electron chi connectivity index (χ4n) is 3.68. The summed E-state index contributed by atoms with van der Waals surface area (Å²) in [6.07, 6.45) is -1.76. The summed E-state index contributed by atoms with van der Waals surface area (Å²) >= 11 is 0. The highest BCUT2D eigenvalue weighted by Crippen LogP contribution is 2.38. The molecule has 1 aliphatic heterocycles. The van der Waals surface area contributed by atoms with Crippen LogP contribution in [0.2, 0.25) is 0 Å². The predicted molar refractivity (Wildman–Crippen MR) is 99.0 cm³/mol. The van der Waals surface area contributed by atoms with Crippen molar-refractivity contribution < 1.29 is 22.7 Å². The van der Waals surface area contributed by atoms with Crippen LogP contribution in [0.4, 0.5) is 13.2 Å². The molecule has 152 valence electrons. The summed E-state index contributed by atoms with van der Waals surface area (Å²) in [5.74, 6) is 0.732. The Kier molecular flexibility index (Phi) is 6.95. The van der Waals surface area contributed by atoms with E-state index in [2.05, 4.69) is 19.2 Å². The van der Waals surface area contributed by atoms with Crippen LogP contribution in [0.3, 0.4) is 0 Å². The lowest BCUT2D eigenvalue weighted by atomic mass is 9.76. The molecule has 1 N–H and O–H groups in total. The first-order valence-corrected chi connectivity index (χ1v) is 9.68. The van der Waals surface area contributed by atoms with Gasteiger partial charge in [0.15, 0.2) is 0 Å². The fourth-order valence-corrected chi connectivity index (χ4v) is 3.68. The number of hydrogen-bond acceptors (Lipinski definition) is 2. The van der Waals surface area contributed by atoms with Crippen LogP contribution < -0.4 is 5.32 Å². The quantitative estimate of drug-likeness (QED) is 0.732. The molecule has 1 fully saturated rings. The summed E-state index contributed by atoms with van der Waals surface area (Å²) < 4.78 is 44.6. The summed E-state index contributed by atoms with van der Waals surface area (Å²) in [5.41, 5.74) is -1.20. The first kappa shape index (κ1) is 21.7. The van der Waals surface area contributed by atoms with Gasteiger partial charge in [0.05, 0.1) is 12.2 Å². The van der Waals surface area contributed by atoms with Crippen molar-refractivity contribution >= 4 is 5.91 Å². The zero-order valence-corrected chi connectivity index (χ0v) is 16.5. The molecule has 3 atom stereocenters. The van der Waals surface area contributed by atoms with Crippen LogP contribution in [0.15, 0.2) is 24.3 Å². The van der Waals surface area contributed by atoms with Crippen LogP contribution >= 0.6 is 0 Å². The Balaban J connectivity index is 2.04. The molecule has 0 aliphatic carbocycles. The molecule has 1 saturated heterocycles. The molecule has 0 radical (unpaired) electrons. The summed E-state index contributed by atoms with van der Waals surface area (Å²) in [4.78, 5) is 12.9. The maximum absolute atomic E-state index is 12.9. The van der Waals surface area contributed by atoms with E-state index in [0.29, 0.717) is 30.4 Å². The average Bonchev–Trinajstić information content (AvgIpc) is 2.64. The molecule has 3 unspecified atom stereocenters. The van der Waals surface area contributed by atoms with E-state index in [1.165, 1.54) is 6.07 Å². The molecular formula is C21H30F3NO2. The van der Waals surface area contributed by atoms with Crippen molar-refractivity contribution in [2.24, 2.45) is 17.8 Å². The van der Waals surface area contributed by atoms with E-state index in [0.717, 1.165) is 25.0 Å². The number of carbonyl (C=O) groups is 1. The highest BCUT2D eigenvalue weighted by molar-refractivity contribution is 5.85. The van der Waals surface area contributed by atoms with E-state index in [9.17, 15) is 18.0 Å². The molecule has 0 bridgehead atoms. The maximum Gasteiger partial charge on any atom is 0.416 e. The van der Waals surface area contributed by atoms with Gasteiger partial charge in [-0.05, 0) is 48.3 Å². The van der Waals surface area contributed by atoms with Gasteiger partial charge >= 0.3 is 6.18 Å². The number of ether oxygens (including phenoxy) is 1. The van der Waals surface area contributed by atoms with Crippen molar-refractivity contribution in [2.75, 3.05) is 6.61 Å². The number of nitrogens with one attached hydrogen (secondary N) is 1. The topological polar surface area (TPSA) is 38.3 Å². The molecule has 0 spiro atoms. The molecule has 27 heavy (non-hydrogen) atoms. The molecule has 1 heterocycles. The van der Waals surface area contributed by atoms with Gasteiger partial charge in [-0.15, -0.1) is 0 Å². The summed E-state index contributed by atoms with van der Waals surface area (Å²) in [5, 5.41) is 2.80. The Morgan fingerprint density at radius 1 is 1.33 bits per heavy atom. The van der Waals surface area contributed by atoms with Gasteiger partial charge in [-0.1, -0.05) is 46.2 Å². The number of rotatable bonds is 6. The Morgan fingerprint density at radius 3 is 2.56 bits per heavy atom. The van der Waals surface area contributed by atoms with Crippen LogP contribution in [0.1, 0.15) is 58.1 Å². The minimum absolute atomic E-state index is 0.0168. The van der Waals surface area contributed by atoms with Crippen LogP contribution in [0.5, 0.6) is 0 Å². The standard InChI is InChI=1S/C21H30F3NO2/c1-5-15(4)17-9-10-20(14(2)3,27-13-17)19(26)25-12-16-7-6-8-18(11-16)21(22,23)24/h6-8,11,14-15,17H,5,9-10,12-13H2,1-4H3,(H,25,26). The van der Waals surface area contributed by atoms with Crippen LogP contribution in [-0.4, -0.2) is 18.1 Å². The molecule has 2 rings (SSSR count). The molecule has 1 amide bonds. The molecule has 6 heteroatoms. The van der Waals surface area contributed by atoms with Gasteiger partial charge in [0, 0.05) is 6.54 Å². The zero-order valence-electron chi connectivity index (χ0n) is 16.5. The third-order valence-electron chi connectivity index (χ3n) is 5.91. The van der Waals surface area contributed by atoms with Crippen LogP contribution in [-0.2, 0) is 22.3 Å². The van der Waals surface area contributed by atoms with Gasteiger partial charge in [-0.3, -0.25) is 4.79 Å². The third-order valence-corrected chi connectivity index (χ3v) is 5.91.